The highest BCUT2D eigenvalue weighted by Crippen LogP contribution is 2.45. The third-order valence-electron chi connectivity index (χ3n) is 5.47. The first kappa shape index (κ1) is 20.6. The van der Waals surface area contributed by atoms with Crippen LogP contribution < -0.4 is 10.6 Å². The van der Waals surface area contributed by atoms with Gasteiger partial charge in [0, 0.05) is 41.1 Å². The summed E-state index contributed by atoms with van der Waals surface area (Å²) in [7, 11) is 0. The number of nitrogens with zero attached hydrogens (tertiary/aromatic N) is 1. The molecule has 0 fully saturated rings. The lowest BCUT2D eigenvalue weighted by Gasteiger charge is -2.35. The number of hydrogen-bond acceptors (Lipinski definition) is 4. The maximum absolute atomic E-state index is 13.4. The zero-order valence-corrected chi connectivity index (χ0v) is 18.2. The van der Waals surface area contributed by atoms with Crippen molar-refractivity contribution in [3.05, 3.63) is 80.2 Å². The number of ketones is 1. The van der Waals surface area contributed by atoms with Gasteiger partial charge in [-0.05, 0) is 56.0 Å². The second-order valence-electron chi connectivity index (χ2n) is 7.58. The Hall–Kier alpha value is -2.63. The van der Waals surface area contributed by atoms with E-state index < -0.39 is 5.92 Å². The molecule has 2 N–H and O–H groups in total. The van der Waals surface area contributed by atoms with Gasteiger partial charge in [-0.2, -0.15) is 0 Å². The van der Waals surface area contributed by atoms with Gasteiger partial charge in [0.05, 0.1) is 10.0 Å². The number of aryl methyl sites for hydroxylation is 1. The summed E-state index contributed by atoms with van der Waals surface area (Å²) in [6.45, 7) is 3.77. The number of carbonyl (C=O) groups excluding carboxylic acids is 2. The lowest BCUT2D eigenvalue weighted by atomic mass is 9.75. The fraction of sp³-hybridized carbons (Fsp3) is 0.261. The normalized spacial score (nSPS) is 18.8. The average Bonchev–Trinajstić information content (AvgIpc) is 2.69. The second-order valence-corrected chi connectivity index (χ2v) is 8.37. The van der Waals surface area contributed by atoms with Crippen LogP contribution in [0.3, 0.4) is 0 Å². The van der Waals surface area contributed by atoms with Crippen LogP contribution in [-0.4, -0.2) is 16.7 Å². The van der Waals surface area contributed by atoms with Gasteiger partial charge >= 0.3 is 0 Å². The first-order valence-electron chi connectivity index (χ1n) is 9.78. The van der Waals surface area contributed by atoms with E-state index >= 15 is 0 Å². The summed E-state index contributed by atoms with van der Waals surface area (Å²) in [5.41, 5.74) is 4.21. The van der Waals surface area contributed by atoms with Crippen LogP contribution in [0.15, 0.2) is 59.1 Å². The molecule has 0 saturated heterocycles. The predicted octanol–water partition coefficient (Wildman–Crippen LogP) is 5.30. The summed E-state index contributed by atoms with van der Waals surface area (Å²) in [5, 5.41) is 6.90. The van der Waals surface area contributed by atoms with Crippen molar-refractivity contribution in [2.75, 3.05) is 5.32 Å². The summed E-state index contributed by atoms with van der Waals surface area (Å²) in [4.78, 5) is 30.6. The number of dihydropyridines is 1. The molecule has 0 radical (unpaired) electrons. The lowest BCUT2D eigenvalue weighted by molar-refractivity contribution is -0.116. The molecule has 1 aromatic heterocycles. The van der Waals surface area contributed by atoms with Crippen molar-refractivity contribution < 1.29 is 9.59 Å². The van der Waals surface area contributed by atoms with E-state index in [1.54, 1.807) is 24.4 Å². The number of anilines is 1. The van der Waals surface area contributed by atoms with Crippen LogP contribution >= 0.6 is 23.2 Å². The Morgan fingerprint density at radius 1 is 1.20 bits per heavy atom. The van der Waals surface area contributed by atoms with E-state index in [1.165, 1.54) is 0 Å². The number of aromatic nitrogens is 1. The number of allylic oxidation sites excluding steroid dienone is 3. The molecule has 2 heterocycles. The molecule has 0 bridgehead atoms. The Bertz CT molecular complexity index is 1120. The molecular weight excluding hydrogens is 421 g/mol. The molecule has 1 aliphatic heterocycles. The molecule has 4 rings (SSSR count). The van der Waals surface area contributed by atoms with E-state index in [2.05, 4.69) is 15.6 Å². The monoisotopic (exact) mass is 441 g/mol. The number of pyridine rings is 1. The Labute approximate surface area is 185 Å². The van der Waals surface area contributed by atoms with Crippen molar-refractivity contribution in [1.82, 2.24) is 10.3 Å². The smallest absolute Gasteiger partial charge is 0.255 e. The Balaban J connectivity index is 1.83. The molecule has 1 aromatic carbocycles. The summed E-state index contributed by atoms with van der Waals surface area (Å²) in [6.07, 6.45) is 3.62. The quantitative estimate of drug-likeness (QED) is 0.677. The maximum atomic E-state index is 13.4. The van der Waals surface area contributed by atoms with E-state index in [0.717, 1.165) is 24.1 Å². The molecule has 2 aliphatic rings. The number of benzene rings is 1. The number of carbonyl (C=O) groups is 2. The van der Waals surface area contributed by atoms with Crippen molar-refractivity contribution in [3.8, 4) is 0 Å². The Morgan fingerprint density at radius 2 is 2.00 bits per heavy atom. The van der Waals surface area contributed by atoms with Crippen LogP contribution in [0.2, 0.25) is 10.0 Å². The van der Waals surface area contributed by atoms with Gasteiger partial charge in [-0.15, -0.1) is 0 Å². The molecule has 2 aromatic rings. The average molecular weight is 442 g/mol. The van der Waals surface area contributed by atoms with Gasteiger partial charge < -0.3 is 10.6 Å². The van der Waals surface area contributed by atoms with Gasteiger partial charge in [-0.25, -0.2) is 4.98 Å². The molecular formula is C23H21Cl2N3O2. The van der Waals surface area contributed by atoms with E-state index in [9.17, 15) is 9.59 Å². The number of Topliss-reactive ketones (excluding diaryl/α,β-unsaturated/α-hetero) is 1. The molecule has 5 nitrogen and oxygen atoms in total. The Morgan fingerprint density at radius 3 is 2.77 bits per heavy atom. The minimum absolute atomic E-state index is 0.0243. The SMILES string of the molecule is CC1=C(C(=O)Nc2cc(C)ccn2)[C@H](c2cccc(Cl)c2Cl)C2=C(CCCC2=O)N1. The predicted molar refractivity (Wildman–Crippen MR) is 119 cm³/mol. The van der Waals surface area contributed by atoms with Gasteiger partial charge in [-0.3, -0.25) is 9.59 Å². The molecule has 1 atom stereocenters. The second kappa shape index (κ2) is 8.25. The van der Waals surface area contributed by atoms with Gasteiger partial charge in [0.15, 0.2) is 5.78 Å². The van der Waals surface area contributed by atoms with E-state index in [4.69, 9.17) is 23.2 Å². The van der Waals surface area contributed by atoms with Crippen LogP contribution in [0.25, 0.3) is 0 Å². The zero-order chi connectivity index (χ0) is 21.4. The standard InChI is InChI=1S/C23H21Cl2N3O2/c1-12-9-10-26-18(11-12)28-23(30)19-13(2)27-16-7-4-8-17(29)21(16)20(19)14-5-3-6-15(24)22(14)25/h3,5-6,9-11,20,27H,4,7-8H2,1-2H3,(H,26,28,30)/t20-/m0/s1. The third kappa shape index (κ3) is 3.75. The van der Waals surface area contributed by atoms with Gasteiger partial charge in [0.25, 0.3) is 5.91 Å². The van der Waals surface area contributed by atoms with E-state index in [0.29, 0.717) is 44.7 Å². The zero-order valence-electron chi connectivity index (χ0n) is 16.7. The summed E-state index contributed by atoms with van der Waals surface area (Å²) in [6, 6.07) is 8.95. The topological polar surface area (TPSA) is 71.1 Å². The molecule has 1 aliphatic carbocycles. The van der Waals surface area contributed by atoms with Crippen molar-refractivity contribution in [1.29, 1.82) is 0 Å². The number of hydrogen-bond donors (Lipinski definition) is 2. The number of nitrogens with one attached hydrogen (secondary N) is 2. The largest absolute Gasteiger partial charge is 0.362 e. The molecule has 0 unspecified atom stereocenters. The highest BCUT2D eigenvalue weighted by atomic mass is 35.5. The van der Waals surface area contributed by atoms with E-state index in [-0.39, 0.29) is 11.7 Å². The van der Waals surface area contributed by atoms with Gasteiger partial charge in [0.2, 0.25) is 0 Å². The van der Waals surface area contributed by atoms with Crippen LogP contribution in [0.1, 0.15) is 43.2 Å². The first-order chi connectivity index (χ1) is 14.4. The van der Waals surface area contributed by atoms with Gasteiger partial charge in [-0.1, -0.05) is 35.3 Å². The summed E-state index contributed by atoms with van der Waals surface area (Å²) >= 11 is 12.8. The van der Waals surface area contributed by atoms with Crippen LogP contribution in [0.4, 0.5) is 5.82 Å². The first-order valence-corrected chi connectivity index (χ1v) is 10.5. The van der Waals surface area contributed by atoms with E-state index in [1.807, 2.05) is 26.0 Å². The molecule has 7 heteroatoms. The van der Waals surface area contributed by atoms with Crippen molar-refractivity contribution >= 4 is 40.7 Å². The maximum Gasteiger partial charge on any atom is 0.255 e. The summed E-state index contributed by atoms with van der Waals surface area (Å²) in [5.74, 6) is -0.448. The Kier molecular flexibility index (Phi) is 5.67. The summed E-state index contributed by atoms with van der Waals surface area (Å²) < 4.78 is 0. The lowest BCUT2D eigenvalue weighted by Crippen LogP contribution is -2.35. The number of amides is 1. The fourth-order valence-electron chi connectivity index (χ4n) is 4.13. The number of halogens is 2. The van der Waals surface area contributed by atoms with Crippen LogP contribution in [-0.2, 0) is 9.59 Å². The van der Waals surface area contributed by atoms with Crippen molar-refractivity contribution in [2.24, 2.45) is 0 Å². The van der Waals surface area contributed by atoms with Crippen molar-refractivity contribution in [2.45, 2.75) is 39.0 Å². The molecule has 154 valence electrons. The third-order valence-corrected chi connectivity index (χ3v) is 6.30. The molecule has 0 saturated carbocycles. The molecule has 1 amide bonds. The fourth-order valence-corrected chi connectivity index (χ4v) is 4.54. The minimum Gasteiger partial charge on any atom is -0.362 e. The van der Waals surface area contributed by atoms with Gasteiger partial charge in [0.1, 0.15) is 5.82 Å². The minimum atomic E-state index is -0.593. The molecule has 30 heavy (non-hydrogen) atoms. The molecule has 0 spiro atoms. The van der Waals surface area contributed by atoms with Crippen LogP contribution in [0, 0.1) is 6.92 Å². The van der Waals surface area contributed by atoms with Crippen LogP contribution in [0.5, 0.6) is 0 Å². The number of rotatable bonds is 3. The highest BCUT2D eigenvalue weighted by Gasteiger charge is 2.39. The highest BCUT2D eigenvalue weighted by molar-refractivity contribution is 6.42. The van der Waals surface area contributed by atoms with Crippen molar-refractivity contribution in [3.63, 3.8) is 0 Å².